The number of fused-ring (bicyclic) bond motifs is 1. The van der Waals surface area contributed by atoms with E-state index in [-0.39, 0.29) is 11.4 Å². The molecule has 0 aliphatic carbocycles. The highest BCUT2D eigenvalue weighted by atomic mass is 32.2. The molecular formula is C22H22N4O3S. The number of pyridine rings is 1. The summed E-state index contributed by atoms with van der Waals surface area (Å²) >= 11 is 0. The van der Waals surface area contributed by atoms with E-state index >= 15 is 0 Å². The van der Waals surface area contributed by atoms with E-state index in [1.807, 2.05) is 49.4 Å². The Labute approximate surface area is 175 Å². The van der Waals surface area contributed by atoms with Crippen LogP contribution in [0, 0.1) is 13.8 Å². The van der Waals surface area contributed by atoms with Gasteiger partial charge in [0.2, 0.25) is 0 Å². The van der Waals surface area contributed by atoms with E-state index in [1.165, 1.54) is 4.31 Å². The third-order valence-electron chi connectivity index (χ3n) is 4.88. The average molecular weight is 423 g/mol. The topological polar surface area (TPSA) is 76.8 Å². The summed E-state index contributed by atoms with van der Waals surface area (Å²) in [6.07, 6.45) is 1.56. The van der Waals surface area contributed by atoms with Crippen molar-refractivity contribution < 1.29 is 13.2 Å². The Kier molecular flexibility index (Phi) is 5.17. The van der Waals surface area contributed by atoms with Crippen LogP contribution in [0.2, 0.25) is 0 Å². The second-order valence-electron chi connectivity index (χ2n) is 7.04. The molecular weight excluding hydrogens is 400 g/mol. The van der Waals surface area contributed by atoms with E-state index < -0.39 is 10.0 Å². The van der Waals surface area contributed by atoms with Crippen molar-refractivity contribution in [1.82, 2.24) is 14.6 Å². The lowest BCUT2D eigenvalue weighted by Gasteiger charge is -2.25. The molecule has 0 atom stereocenters. The van der Waals surface area contributed by atoms with E-state index in [1.54, 1.807) is 42.8 Å². The molecule has 2 aromatic carbocycles. The largest absolute Gasteiger partial charge is 0.497 e. The van der Waals surface area contributed by atoms with Gasteiger partial charge >= 0.3 is 0 Å². The number of ether oxygens (including phenoxy) is 1. The molecule has 0 fully saturated rings. The van der Waals surface area contributed by atoms with Gasteiger partial charge in [-0.2, -0.15) is 0 Å². The maximum Gasteiger partial charge on any atom is 0.266 e. The second-order valence-corrected chi connectivity index (χ2v) is 8.90. The summed E-state index contributed by atoms with van der Waals surface area (Å²) in [6, 6.07) is 18.1. The molecule has 0 bridgehead atoms. The Morgan fingerprint density at radius 2 is 1.80 bits per heavy atom. The van der Waals surface area contributed by atoms with Crippen molar-refractivity contribution in [3.8, 4) is 5.75 Å². The first-order valence-electron chi connectivity index (χ1n) is 9.42. The van der Waals surface area contributed by atoms with Crippen molar-refractivity contribution >= 4 is 21.4 Å². The molecule has 2 aromatic heterocycles. The van der Waals surface area contributed by atoms with Crippen LogP contribution >= 0.6 is 0 Å². The summed E-state index contributed by atoms with van der Waals surface area (Å²) in [5, 5.41) is 8.04. The van der Waals surface area contributed by atoms with Crippen LogP contribution in [0.3, 0.4) is 0 Å². The molecule has 0 aliphatic heterocycles. The zero-order chi connectivity index (χ0) is 21.3. The Hall–Kier alpha value is -3.39. The molecule has 8 heteroatoms. The first kappa shape index (κ1) is 19.9. The number of anilines is 1. The molecule has 2 heterocycles. The minimum absolute atomic E-state index is 0.169. The molecule has 0 saturated heterocycles. The van der Waals surface area contributed by atoms with Crippen molar-refractivity contribution in [1.29, 1.82) is 0 Å². The number of rotatable bonds is 6. The first-order chi connectivity index (χ1) is 14.4. The van der Waals surface area contributed by atoms with Gasteiger partial charge in [0.1, 0.15) is 16.5 Å². The predicted octanol–water partition coefficient (Wildman–Crippen LogP) is 3.75. The van der Waals surface area contributed by atoms with Crippen LogP contribution < -0.4 is 9.04 Å². The lowest BCUT2D eigenvalue weighted by Crippen LogP contribution is -2.30. The molecule has 4 rings (SSSR count). The van der Waals surface area contributed by atoms with Gasteiger partial charge < -0.3 is 4.74 Å². The van der Waals surface area contributed by atoms with E-state index in [0.717, 1.165) is 11.1 Å². The number of hydrogen-bond donors (Lipinski definition) is 0. The van der Waals surface area contributed by atoms with Gasteiger partial charge in [-0.3, -0.25) is 8.71 Å². The van der Waals surface area contributed by atoms with Gasteiger partial charge in [-0.15, -0.1) is 10.2 Å². The fourth-order valence-electron chi connectivity index (χ4n) is 3.30. The predicted molar refractivity (Wildman–Crippen MR) is 115 cm³/mol. The van der Waals surface area contributed by atoms with Crippen LogP contribution in [-0.4, -0.2) is 30.1 Å². The highest BCUT2D eigenvalue weighted by Crippen LogP contribution is 2.28. The number of aromatic nitrogens is 3. The zero-order valence-electron chi connectivity index (χ0n) is 17.0. The summed E-state index contributed by atoms with van der Waals surface area (Å²) in [5.41, 5.74) is 2.99. The maximum absolute atomic E-state index is 13.7. The third kappa shape index (κ3) is 3.73. The number of nitrogens with zero attached hydrogens (tertiary/aromatic N) is 4. The number of methoxy groups -OCH3 is 1. The van der Waals surface area contributed by atoms with Crippen LogP contribution in [0.4, 0.5) is 5.69 Å². The van der Waals surface area contributed by atoms with Gasteiger partial charge in [0.05, 0.1) is 19.3 Å². The van der Waals surface area contributed by atoms with Gasteiger partial charge in [-0.25, -0.2) is 8.42 Å². The lowest BCUT2D eigenvalue weighted by atomic mass is 10.2. The molecule has 0 aliphatic rings. The zero-order valence-corrected chi connectivity index (χ0v) is 17.8. The monoisotopic (exact) mass is 422 g/mol. The fraction of sp³-hybridized carbons (Fsp3) is 0.182. The van der Waals surface area contributed by atoms with Gasteiger partial charge in [0.15, 0.2) is 5.65 Å². The van der Waals surface area contributed by atoms with E-state index in [2.05, 4.69) is 10.2 Å². The molecule has 0 unspecified atom stereocenters. The first-order valence-corrected chi connectivity index (χ1v) is 10.9. The SMILES string of the molecule is COc1cccc(CN(c2cccc(C)c2)S(=O)(=O)c2ccc3nnc(C)n3c2)c1. The van der Waals surface area contributed by atoms with Crippen LogP contribution in [0.1, 0.15) is 17.0 Å². The number of benzene rings is 2. The molecule has 0 N–H and O–H groups in total. The summed E-state index contributed by atoms with van der Waals surface area (Å²) < 4.78 is 35.8. The Balaban J connectivity index is 1.83. The highest BCUT2D eigenvalue weighted by molar-refractivity contribution is 7.92. The molecule has 0 radical (unpaired) electrons. The van der Waals surface area contributed by atoms with Crippen LogP contribution in [0.5, 0.6) is 5.75 Å². The van der Waals surface area contributed by atoms with E-state index in [9.17, 15) is 8.42 Å². The number of sulfonamides is 1. The Morgan fingerprint density at radius 1 is 1.00 bits per heavy atom. The van der Waals surface area contributed by atoms with Crippen LogP contribution in [0.25, 0.3) is 5.65 Å². The van der Waals surface area contributed by atoms with Crippen LogP contribution in [0.15, 0.2) is 71.8 Å². The van der Waals surface area contributed by atoms with Gasteiger partial charge in [-0.1, -0.05) is 24.3 Å². The maximum atomic E-state index is 13.7. The molecule has 0 spiro atoms. The van der Waals surface area contributed by atoms with Gasteiger partial charge in [-0.05, 0) is 61.4 Å². The number of aryl methyl sites for hydroxylation is 2. The number of hydrogen-bond acceptors (Lipinski definition) is 5. The smallest absolute Gasteiger partial charge is 0.266 e. The molecule has 154 valence electrons. The fourth-order valence-corrected chi connectivity index (χ4v) is 4.74. The summed E-state index contributed by atoms with van der Waals surface area (Å²) in [6.45, 7) is 3.89. The minimum atomic E-state index is -3.86. The third-order valence-corrected chi connectivity index (χ3v) is 6.64. The average Bonchev–Trinajstić information content (AvgIpc) is 3.12. The van der Waals surface area contributed by atoms with Crippen molar-refractivity contribution in [3.63, 3.8) is 0 Å². The molecule has 30 heavy (non-hydrogen) atoms. The van der Waals surface area contributed by atoms with Crippen molar-refractivity contribution in [2.24, 2.45) is 0 Å². The Bertz CT molecular complexity index is 1310. The standard InChI is InChI=1S/C22H22N4O3S/c1-16-6-4-8-19(12-16)26(14-18-7-5-9-20(13-18)29-3)30(27,28)21-10-11-22-24-23-17(2)25(22)15-21/h4-13,15H,14H2,1-3H3. The molecule has 0 amide bonds. The second kappa shape index (κ2) is 7.79. The molecule has 4 aromatic rings. The Morgan fingerprint density at radius 3 is 2.57 bits per heavy atom. The highest BCUT2D eigenvalue weighted by Gasteiger charge is 2.26. The van der Waals surface area contributed by atoms with E-state index in [0.29, 0.717) is 22.9 Å². The molecule has 0 saturated carbocycles. The van der Waals surface area contributed by atoms with Crippen molar-refractivity contribution in [2.75, 3.05) is 11.4 Å². The van der Waals surface area contributed by atoms with Crippen molar-refractivity contribution in [2.45, 2.75) is 25.3 Å². The summed E-state index contributed by atoms with van der Waals surface area (Å²) in [7, 11) is -2.27. The minimum Gasteiger partial charge on any atom is -0.497 e. The van der Waals surface area contributed by atoms with Crippen molar-refractivity contribution in [3.05, 3.63) is 83.8 Å². The quantitative estimate of drug-likeness (QED) is 0.473. The van der Waals surface area contributed by atoms with Crippen LogP contribution in [-0.2, 0) is 16.6 Å². The molecule has 7 nitrogen and oxygen atoms in total. The van der Waals surface area contributed by atoms with Gasteiger partial charge in [0.25, 0.3) is 10.0 Å². The normalized spacial score (nSPS) is 11.6. The lowest BCUT2D eigenvalue weighted by molar-refractivity contribution is 0.414. The van der Waals surface area contributed by atoms with Gasteiger partial charge in [0, 0.05) is 6.20 Å². The summed E-state index contributed by atoms with van der Waals surface area (Å²) in [4.78, 5) is 0.169. The summed E-state index contributed by atoms with van der Waals surface area (Å²) in [5.74, 6) is 1.30. The van der Waals surface area contributed by atoms with E-state index in [4.69, 9.17) is 4.74 Å².